The molecule has 3 heterocycles. The largest absolute Gasteiger partial charge is 0.370 e. The number of rotatable bonds is 5. The second-order valence-electron chi connectivity index (χ2n) is 6.29. The SMILES string of the molecule is Cc1cc(NCC2CN(c3ccc(C4CC4)nn3)C2)ncn1. The number of aryl methyl sites for hydroxylation is 1. The molecule has 0 atom stereocenters. The van der Waals surface area contributed by atoms with Crippen LogP contribution in [-0.2, 0) is 0 Å². The lowest BCUT2D eigenvalue weighted by Crippen LogP contribution is -2.50. The summed E-state index contributed by atoms with van der Waals surface area (Å²) < 4.78 is 0. The van der Waals surface area contributed by atoms with Crippen molar-refractivity contribution in [2.45, 2.75) is 25.7 Å². The lowest BCUT2D eigenvalue weighted by atomic mass is 10.0. The molecule has 2 fully saturated rings. The predicted octanol–water partition coefficient (Wildman–Crippen LogP) is 2.00. The number of nitrogens with one attached hydrogen (secondary N) is 1. The van der Waals surface area contributed by atoms with Gasteiger partial charge in [0.05, 0.1) is 5.69 Å². The first kappa shape index (κ1) is 13.4. The van der Waals surface area contributed by atoms with Gasteiger partial charge in [0.25, 0.3) is 0 Å². The van der Waals surface area contributed by atoms with Crippen LogP contribution in [0.4, 0.5) is 11.6 Å². The Morgan fingerprint density at radius 3 is 2.73 bits per heavy atom. The van der Waals surface area contributed by atoms with E-state index in [1.807, 2.05) is 13.0 Å². The fourth-order valence-electron chi connectivity index (χ4n) is 2.79. The average Bonchev–Trinajstić information content (AvgIpc) is 3.31. The highest BCUT2D eigenvalue weighted by Crippen LogP contribution is 2.38. The average molecular weight is 296 g/mol. The summed E-state index contributed by atoms with van der Waals surface area (Å²) in [6.45, 7) is 4.95. The van der Waals surface area contributed by atoms with Crippen molar-refractivity contribution in [2.24, 2.45) is 5.92 Å². The van der Waals surface area contributed by atoms with Crippen LogP contribution in [0.3, 0.4) is 0 Å². The second kappa shape index (κ2) is 5.51. The highest BCUT2D eigenvalue weighted by molar-refractivity contribution is 5.42. The van der Waals surface area contributed by atoms with E-state index in [9.17, 15) is 0 Å². The zero-order chi connectivity index (χ0) is 14.9. The molecule has 22 heavy (non-hydrogen) atoms. The van der Waals surface area contributed by atoms with E-state index in [2.05, 4.69) is 42.5 Å². The zero-order valence-corrected chi connectivity index (χ0v) is 12.7. The molecule has 6 heteroatoms. The van der Waals surface area contributed by atoms with Gasteiger partial charge in [0.1, 0.15) is 12.1 Å². The summed E-state index contributed by atoms with van der Waals surface area (Å²) in [6.07, 6.45) is 4.14. The van der Waals surface area contributed by atoms with E-state index in [1.54, 1.807) is 6.33 Å². The molecule has 0 bridgehead atoms. The van der Waals surface area contributed by atoms with Crippen molar-refractivity contribution < 1.29 is 0 Å². The predicted molar refractivity (Wildman–Crippen MR) is 85.0 cm³/mol. The Bertz CT molecular complexity index is 646. The molecular formula is C16H20N6. The molecule has 6 nitrogen and oxygen atoms in total. The maximum Gasteiger partial charge on any atom is 0.151 e. The van der Waals surface area contributed by atoms with Gasteiger partial charge in [0.15, 0.2) is 5.82 Å². The first-order chi connectivity index (χ1) is 10.8. The molecule has 1 saturated heterocycles. The first-order valence-electron chi connectivity index (χ1n) is 7.89. The van der Waals surface area contributed by atoms with E-state index in [4.69, 9.17) is 0 Å². The fourth-order valence-corrected chi connectivity index (χ4v) is 2.79. The van der Waals surface area contributed by atoms with Gasteiger partial charge in [-0.2, -0.15) is 5.10 Å². The third-order valence-electron chi connectivity index (χ3n) is 4.32. The molecule has 1 N–H and O–H groups in total. The van der Waals surface area contributed by atoms with E-state index in [0.717, 1.165) is 42.7 Å². The molecule has 0 amide bonds. The van der Waals surface area contributed by atoms with Crippen LogP contribution in [0.1, 0.15) is 30.1 Å². The van der Waals surface area contributed by atoms with Crippen LogP contribution in [0, 0.1) is 12.8 Å². The van der Waals surface area contributed by atoms with Crippen molar-refractivity contribution in [1.29, 1.82) is 0 Å². The monoisotopic (exact) mass is 296 g/mol. The zero-order valence-electron chi connectivity index (χ0n) is 12.7. The van der Waals surface area contributed by atoms with Gasteiger partial charge in [0.2, 0.25) is 0 Å². The van der Waals surface area contributed by atoms with Crippen LogP contribution < -0.4 is 10.2 Å². The Hall–Kier alpha value is -2.24. The highest BCUT2D eigenvalue weighted by Gasteiger charge is 2.29. The Kier molecular flexibility index (Phi) is 3.36. The van der Waals surface area contributed by atoms with Crippen LogP contribution >= 0.6 is 0 Å². The van der Waals surface area contributed by atoms with Gasteiger partial charge in [-0.15, -0.1) is 5.10 Å². The molecule has 0 aromatic carbocycles. The third kappa shape index (κ3) is 2.86. The van der Waals surface area contributed by atoms with E-state index in [0.29, 0.717) is 11.8 Å². The molecule has 0 unspecified atom stereocenters. The first-order valence-corrected chi connectivity index (χ1v) is 7.89. The van der Waals surface area contributed by atoms with E-state index in [1.165, 1.54) is 12.8 Å². The van der Waals surface area contributed by atoms with E-state index in [-0.39, 0.29) is 0 Å². The molecule has 2 aromatic rings. The Balaban J connectivity index is 1.26. The molecule has 2 aliphatic rings. The van der Waals surface area contributed by atoms with E-state index >= 15 is 0 Å². The third-order valence-corrected chi connectivity index (χ3v) is 4.32. The summed E-state index contributed by atoms with van der Waals surface area (Å²) in [5.41, 5.74) is 2.14. The summed E-state index contributed by atoms with van der Waals surface area (Å²) in [4.78, 5) is 10.6. The minimum Gasteiger partial charge on any atom is -0.370 e. The van der Waals surface area contributed by atoms with Crippen molar-refractivity contribution in [3.8, 4) is 0 Å². The van der Waals surface area contributed by atoms with Crippen molar-refractivity contribution in [1.82, 2.24) is 20.2 Å². The standard InChI is InChI=1S/C16H20N6/c1-11-6-15(19-10-18-11)17-7-12-8-22(9-12)16-5-4-14(20-21-16)13-2-3-13/h4-6,10,12-13H,2-3,7-9H2,1H3,(H,17,18,19). The maximum absolute atomic E-state index is 4.36. The quantitative estimate of drug-likeness (QED) is 0.910. The van der Waals surface area contributed by atoms with Crippen molar-refractivity contribution >= 4 is 11.6 Å². The van der Waals surface area contributed by atoms with Crippen molar-refractivity contribution in [3.05, 3.63) is 35.9 Å². The van der Waals surface area contributed by atoms with Crippen LogP contribution in [0.2, 0.25) is 0 Å². The van der Waals surface area contributed by atoms with E-state index < -0.39 is 0 Å². The van der Waals surface area contributed by atoms with Gasteiger partial charge in [0, 0.05) is 43.2 Å². The molecule has 4 rings (SSSR count). The highest BCUT2D eigenvalue weighted by atomic mass is 15.3. The normalized spacial score (nSPS) is 18.1. The number of hydrogen-bond donors (Lipinski definition) is 1. The molecule has 0 radical (unpaired) electrons. The number of hydrogen-bond acceptors (Lipinski definition) is 6. The summed E-state index contributed by atoms with van der Waals surface area (Å²) in [6, 6.07) is 6.21. The molecule has 0 spiro atoms. The van der Waals surface area contributed by atoms with Gasteiger partial charge < -0.3 is 10.2 Å². The Morgan fingerprint density at radius 2 is 2.05 bits per heavy atom. The second-order valence-corrected chi connectivity index (χ2v) is 6.29. The fraction of sp³-hybridized carbons (Fsp3) is 0.500. The Labute approximate surface area is 130 Å². The van der Waals surface area contributed by atoms with Gasteiger partial charge in [-0.3, -0.25) is 0 Å². The lowest BCUT2D eigenvalue weighted by Gasteiger charge is -2.40. The smallest absolute Gasteiger partial charge is 0.151 e. The minimum absolute atomic E-state index is 0.625. The van der Waals surface area contributed by atoms with Crippen LogP contribution in [0.15, 0.2) is 24.5 Å². The topological polar surface area (TPSA) is 66.8 Å². The lowest BCUT2D eigenvalue weighted by molar-refractivity contribution is 0.425. The number of anilines is 2. The molecule has 2 aromatic heterocycles. The van der Waals surface area contributed by atoms with Gasteiger partial charge in [-0.05, 0) is 31.9 Å². The summed E-state index contributed by atoms with van der Waals surface area (Å²) >= 11 is 0. The van der Waals surface area contributed by atoms with Crippen molar-refractivity contribution in [3.63, 3.8) is 0 Å². The molecule has 1 aliphatic carbocycles. The summed E-state index contributed by atoms with van der Waals surface area (Å²) in [5, 5.41) is 12.1. The molecule has 114 valence electrons. The van der Waals surface area contributed by atoms with Crippen molar-refractivity contribution in [2.75, 3.05) is 29.9 Å². The van der Waals surface area contributed by atoms with Crippen LogP contribution in [0.5, 0.6) is 0 Å². The van der Waals surface area contributed by atoms with Crippen LogP contribution in [0.25, 0.3) is 0 Å². The summed E-state index contributed by atoms with van der Waals surface area (Å²) in [7, 11) is 0. The number of aromatic nitrogens is 4. The summed E-state index contributed by atoms with van der Waals surface area (Å²) in [5.74, 6) is 3.20. The van der Waals surface area contributed by atoms with Gasteiger partial charge in [-0.1, -0.05) is 0 Å². The van der Waals surface area contributed by atoms with Crippen LogP contribution in [-0.4, -0.2) is 39.8 Å². The van der Waals surface area contributed by atoms with Gasteiger partial charge in [-0.25, -0.2) is 9.97 Å². The minimum atomic E-state index is 0.625. The maximum atomic E-state index is 4.36. The Morgan fingerprint density at radius 1 is 1.18 bits per heavy atom. The number of nitrogens with zero attached hydrogens (tertiary/aromatic N) is 5. The molecule has 1 saturated carbocycles. The molecule has 1 aliphatic heterocycles. The molecular weight excluding hydrogens is 276 g/mol. The van der Waals surface area contributed by atoms with Gasteiger partial charge >= 0.3 is 0 Å².